The number of fused-ring (bicyclic) bond motifs is 1. The Morgan fingerprint density at radius 2 is 2.07 bits per heavy atom. The lowest BCUT2D eigenvalue weighted by Crippen LogP contribution is -2.25. The maximum absolute atomic E-state index is 11.8. The molecule has 0 fully saturated rings. The van der Waals surface area contributed by atoms with E-state index in [9.17, 15) is 4.79 Å². The van der Waals surface area contributed by atoms with Gasteiger partial charge in [-0.05, 0) is 56.2 Å². The molecule has 0 saturated heterocycles. The molecule has 0 saturated carbocycles. The summed E-state index contributed by atoms with van der Waals surface area (Å²) >= 11 is 6.05. The van der Waals surface area contributed by atoms with Crippen LogP contribution in [0.3, 0.4) is 0 Å². The maximum Gasteiger partial charge on any atom is 0.246 e. The summed E-state index contributed by atoms with van der Waals surface area (Å²) in [5.74, 6) is 1.46. The van der Waals surface area contributed by atoms with E-state index in [1.165, 1.54) is 0 Å². The summed E-state index contributed by atoms with van der Waals surface area (Å²) in [7, 11) is 0. The predicted octanol–water partition coefficient (Wildman–Crippen LogP) is 4.66. The monoisotopic (exact) mass is 397 g/mol. The molecule has 3 rings (SSSR count). The molecule has 0 aliphatic heterocycles. The van der Waals surface area contributed by atoms with Crippen LogP contribution in [0.25, 0.3) is 11.0 Å². The summed E-state index contributed by atoms with van der Waals surface area (Å²) in [5, 5.41) is 3.60. The maximum atomic E-state index is 11.8. The minimum absolute atomic E-state index is 0.167. The number of carbonyl (C=O) groups is 1. The quantitative estimate of drug-likeness (QED) is 0.444. The van der Waals surface area contributed by atoms with Gasteiger partial charge in [-0.25, -0.2) is 4.98 Å². The molecule has 0 atom stereocenters. The average molecular weight is 398 g/mol. The number of aromatic nitrogens is 2. The summed E-state index contributed by atoms with van der Waals surface area (Å²) in [4.78, 5) is 16.5. The first kappa shape index (κ1) is 20.0. The number of nitrogens with one attached hydrogen (secondary N) is 1. The number of carbonyl (C=O) groups excluding carboxylic acids is 1. The Bertz CT molecular complexity index is 1010. The molecule has 1 heterocycles. The second kappa shape index (κ2) is 8.93. The number of ether oxygens (including phenoxy) is 1. The topological polar surface area (TPSA) is 56.2 Å². The highest BCUT2D eigenvalue weighted by molar-refractivity contribution is 6.31. The fourth-order valence-electron chi connectivity index (χ4n) is 2.94. The zero-order valence-electron chi connectivity index (χ0n) is 16.2. The van der Waals surface area contributed by atoms with Crippen LogP contribution in [-0.4, -0.2) is 22.1 Å². The Labute approximate surface area is 170 Å². The molecule has 0 bridgehead atoms. The van der Waals surface area contributed by atoms with Crippen LogP contribution in [0.2, 0.25) is 5.02 Å². The van der Waals surface area contributed by atoms with Gasteiger partial charge in [-0.2, -0.15) is 0 Å². The largest absolute Gasteiger partial charge is 0.494 e. The first-order chi connectivity index (χ1) is 13.5. The molecule has 6 heteroatoms. The van der Waals surface area contributed by atoms with Gasteiger partial charge in [0, 0.05) is 17.1 Å². The number of hydrogen-bond donors (Lipinski definition) is 1. The van der Waals surface area contributed by atoms with Gasteiger partial charge in [0.1, 0.15) is 11.6 Å². The van der Waals surface area contributed by atoms with E-state index in [1.807, 2.05) is 49.4 Å². The molecular formula is C22H24ClN3O2. The van der Waals surface area contributed by atoms with Crippen LogP contribution >= 0.6 is 11.6 Å². The normalized spacial score (nSPS) is 10.8. The predicted molar refractivity (Wildman–Crippen MR) is 113 cm³/mol. The van der Waals surface area contributed by atoms with Crippen LogP contribution in [0.15, 0.2) is 54.6 Å². The van der Waals surface area contributed by atoms with E-state index in [0.717, 1.165) is 46.2 Å². The van der Waals surface area contributed by atoms with Crippen LogP contribution in [0.5, 0.6) is 5.75 Å². The molecular weight excluding hydrogens is 374 g/mol. The van der Waals surface area contributed by atoms with E-state index in [-0.39, 0.29) is 5.91 Å². The van der Waals surface area contributed by atoms with Crippen LogP contribution < -0.4 is 10.1 Å². The molecule has 0 radical (unpaired) electrons. The van der Waals surface area contributed by atoms with E-state index in [0.29, 0.717) is 18.7 Å². The van der Waals surface area contributed by atoms with Crippen molar-refractivity contribution in [2.75, 3.05) is 6.61 Å². The summed E-state index contributed by atoms with van der Waals surface area (Å²) in [6, 6.07) is 13.6. The van der Waals surface area contributed by atoms with E-state index < -0.39 is 0 Å². The Morgan fingerprint density at radius 1 is 1.29 bits per heavy atom. The van der Waals surface area contributed by atoms with E-state index in [1.54, 1.807) is 6.92 Å². The fourth-order valence-corrected chi connectivity index (χ4v) is 3.06. The number of imidazole rings is 1. The van der Waals surface area contributed by atoms with Crippen molar-refractivity contribution in [2.24, 2.45) is 0 Å². The summed E-state index contributed by atoms with van der Waals surface area (Å²) in [5.41, 5.74) is 3.44. The third-order valence-electron chi connectivity index (χ3n) is 4.45. The van der Waals surface area contributed by atoms with Gasteiger partial charge in [-0.3, -0.25) is 4.79 Å². The van der Waals surface area contributed by atoms with Crippen LogP contribution in [0.1, 0.15) is 24.7 Å². The Hall–Kier alpha value is -2.79. The molecule has 1 amide bonds. The van der Waals surface area contributed by atoms with E-state index in [2.05, 4.69) is 21.4 Å². The van der Waals surface area contributed by atoms with Crippen molar-refractivity contribution < 1.29 is 9.53 Å². The van der Waals surface area contributed by atoms with Crippen molar-refractivity contribution in [3.05, 3.63) is 71.0 Å². The highest BCUT2D eigenvalue weighted by Gasteiger charge is 2.11. The van der Waals surface area contributed by atoms with Crippen LogP contribution in [0.4, 0.5) is 0 Å². The highest BCUT2D eigenvalue weighted by Crippen LogP contribution is 2.21. The second-order valence-corrected chi connectivity index (χ2v) is 7.15. The second-order valence-electron chi connectivity index (χ2n) is 6.74. The third kappa shape index (κ3) is 4.73. The van der Waals surface area contributed by atoms with Crippen molar-refractivity contribution in [3.8, 4) is 5.75 Å². The lowest BCUT2D eigenvalue weighted by molar-refractivity contribution is -0.117. The first-order valence-electron chi connectivity index (χ1n) is 9.22. The summed E-state index contributed by atoms with van der Waals surface area (Å²) in [6.07, 6.45) is 0.809. The van der Waals surface area contributed by atoms with Gasteiger partial charge >= 0.3 is 0 Å². The Balaban J connectivity index is 1.66. The molecule has 2 aromatic carbocycles. The van der Waals surface area contributed by atoms with Crippen molar-refractivity contribution in [2.45, 2.75) is 33.4 Å². The van der Waals surface area contributed by atoms with Gasteiger partial charge in [0.2, 0.25) is 5.91 Å². The molecule has 0 spiro atoms. The van der Waals surface area contributed by atoms with E-state index >= 15 is 0 Å². The smallest absolute Gasteiger partial charge is 0.246 e. The van der Waals surface area contributed by atoms with Gasteiger partial charge in [-0.15, -0.1) is 0 Å². The standard InChI is InChI=1S/C22H24ClN3O2/c1-15(2)22(27)24-14-21-25-19-7-4-5-8-20(19)26(21)11-6-12-28-17-9-10-18(23)16(3)13-17/h4-5,7-10,13H,1,6,11-12,14H2,2-3H3,(H,24,27). The number of hydrogen-bond acceptors (Lipinski definition) is 3. The van der Waals surface area contributed by atoms with Crippen molar-refractivity contribution >= 4 is 28.5 Å². The van der Waals surface area contributed by atoms with Crippen LogP contribution in [-0.2, 0) is 17.9 Å². The fraction of sp³-hybridized carbons (Fsp3) is 0.273. The summed E-state index contributed by atoms with van der Waals surface area (Å²) in [6.45, 7) is 8.99. The molecule has 0 unspecified atom stereocenters. The average Bonchev–Trinajstić information content (AvgIpc) is 3.03. The molecule has 0 aliphatic rings. The molecule has 5 nitrogen and oxygen atoms in total. The van der Waals surface area contributed by atoms with Crippen molar-refractivity contribution in [1.29, 1.82) is 0 Å². The zero-order valence-corrected chi connectivity index (χ0v) is 16.9. The third-order valence-corrected chi connectivity index (χ3v) is 4.88. The summed E-state index contributed by atoms with van der Waals surface area (Å²) < 4.78 is 7.98. The number of amides is 1. The minimum atomic E-state index is -0.167. The molecule has 1 N–H and O–H groups in total. The molecule has 1 aromatic heterocycles. The van der Waals surface area contributed by atoms with Gasteiger partial charge in [0.15, 0.2) is 0 Å². The zero-order chi connectivity index (χ0) is 20.1. The minimum Gasteiger partial charge on any atom is -0.494 e. The molecule has 28 heavy (non-hydrogen) atoms. The SMILES string of the molecule is C=C(C)C(=O)NCc1nc2ccccc2n1CCCOc1ccc(Cl)c(C)c1. The van der Waals surface area contributed by atoms with Crippen molar-refractivity contribution in [3.63, 3.8) is 0 Å². The van der Waals surface area contributed by atoms with E-state index in [4.69, 9.17) is 16.3 Å². The number of nitrogens with zero attached hydrogens (tertiary/aromatic N) is 2. The Morgan fingerprint density at radius 3 is 2.82 bits per heavy atom. The lowest BCUT2D eigenvalue weighted by atomic mass is 10.2. The number of aryl methyl sites for hydroxylation is 2. The van der Waals surface area contributed by atoms with Crippen molar-refractivity contribution in [1.82, 2.24) is 14.9 Å². The van der Waals surface area contributed by atoms with Gasteiger partial charge in [0.25, 0.3) is 0 Å². The number of benzene rings is 2. The lowest BCUT2D eigenvalue weighted by Gasteiger charge is -2.11. The number of halogens is 1. The molecule has 3 aromatic rings. The molecule has 0 aliphatic carbocycles. The Kier molecular flexibility index (Phi) is 6.37. The first-order valence-corrected chi connectivity index (χ1v) is 9.60. The van der Waals surface area contributed by atoms with Crippen LogP contribution in [0, 0.1) is 6.92 Å². The van der Waals surface area contributed by atoms with Gasteiger partial charge in [0.05, 0.1) is 24.2 Å². The number of rotatable bonds is 8. The van der Waals surface area contributed by atoms with Gasteiger partial charge in [-0.1, -0.05) is 30.3 Å². The number of para-hydroxylation sites is 2. The highest BCUT2D eigenvalue weighted by atomic mass is 35.5. The molecule has 146 valence electrons. The van der Waals surface area contributed by atoms with Gasteiger partial charge < -0.3 is 14.6 Å².